The number of carbonyl (C=O) groups is 2. The molecule has 1 fully saturated rings. The summed E-state index contributed by atoms with van der Waals surface area (Å²) in [5.41, 5.74) is 0.659. The van der Waals surface area contributed by atoms with Crippen LogP contribution in [0.4, 0.5) is 0 Å². The minimum atomic E-state index is -0.816. The first-order valence-electron chi connectivity index (χ1n) is 7.20. The average molecular weight is 310 g/mol. The van der Waals surface area contributed by atoms with Crippen LogP contribution in [0.1, 0.15) is 54.0 Å². The molecular weight excluding hydrogens is 288 g/mol. The molecular formula is C15H22N2O3S. The zero-order valence-corrected chi connectivity index (χ0v) is 13.8. The molecule has 1 aromatic heterocycles. The molecule has 1 amide bonds. The van der Waals surface area contributed by atoms with Crippen molar-refractivity contribution in [2.45, 2.75) is 46.0 Å². The summed E-state index contributed by atoms with van der Waals surface area (Å²) in [6.45, 7) is 8.99. The molecule has 0 bridgehead atoms. The average Bonchev–Trinajstić information content (AvgIpc) is 2.80. The zero-order chi connectivity index (χ0) is 15.8. The molecule has 0 spiro atoms. The molecule has 0 saturated carbocycles. The zero-order valence-electron chi connectivity index (χ0n) is 13.0. The van der Waals surface area contributed by atoms with E-state index in [4.69, 9.17) is 5.11 Å². The third kappa shape index (κ3) is 3.43. The highest BCUT2D eigenvalue weighted by Gasteiger charge is 2.31. The number of aryl methyl sites for hydroxylation is 1. The first-order chi connectivity index (χ1) is 9.70. The number of aliphatic carboxylic acids is 1. The Labute approximate surface area is 129 Å². The number of nitrogens with zero attached hydrogens (tertiary/aromatic N) is 2. The van der Waals surface area contributed by atoms with Gasteiger partial charge in [-0.1, -0.05) is 20.8 Å². The summed E-state index contributed by atoms with van der Waals surface area (Å²) in [6, 6.07) is 0. The molecule has 1 aliphatic heterocycles. The Morgan fingerprint density at radius 1 is 1.38 bits per heavy atom. The van der Waals surface area contributed by atoms with Crippen molar-refractivity contribution < 1.29 is 14.7 Å². The van der Waals surface area contributed by atoms with Crippen molar-refractivity contribution in [2.75, 3.05) is 13.1 Å². The predicted molar refractivity (Wildman–Crippen MR) is 81.8 cm³/mol. The van der Waals surface area contributed by atoms with Crippen molar-refractivity contribution in [2.24, 2.45) is 5.92 Å². The van der Waals surface area contributed by atoms with Crippen molar-refractivity contribution in [1.82, 2.24) is 9.88 Å². The van der Waals surface area contributed by atoms with Crippen molar-refractivity contribution in [1.29, 1.82) is 0 Å². The lowest BCUT2D eigenvalue weighted by Gasteiger charge is -2.30. The Kier molecular flexibility index (Phi) is 4.37. The molecule has 1 N–H and O–H groups in total. The smallest absolute Gasteiger partial charge is 0.308 e. The largest absolute Gasteiger partial charge is 0.481 e. The molecule has 2 rings (SSSR count). The van der Waals surface area contributed by atoms with Crippen LogP contribution in [0.15, 0.2) is 0 Å². The standard InChI is InChI=1S/C15H22N2O3S/c1-9-11(21-14(16-9)15(2,3)4)12(18)17-7-5-6-10(8-17)13(19)20/h10H,5-8H2,1-4H3,(H,19,20). The first-order valence-corrected chi connectivity index (χ1v) is 8.02. The normalized spacial score (nSPS) is 19.6. The van der Waals surface area contributed by atoms with Crippen LogP contribution >= 0.6 is 11.3 Å². The van der Waals surface area contributed by atoms with Gasteiger partial charge in [0.05, 0.1) is 16.6 Å². The number of carboxylic acid groups (broad SMARTS) is 1. The Bertz CT molecular complexity index is 560. The molecule has 2 heterocycles. The summed E-state index contributed by atoms with van der Waals surface area (Å²) < 4.78 is 0. The van der Waals surface area contributed by atoms with Gasteiger partial charge in [-0.3, -0.25) is 9.59 Å². The van der Waals surface area contributed by atoms with Gasteiger partial charge in [-0.15, -0.1) is 11.3 Å². The highest BCUT2D eigenvalue weighted by molar-refractivity contribution is 7.14. The van der Waals surface area contributed by atoms with Crippen LogP contribution in [0.3, 0.4) is 0 Å². The molecule has 5 nitrogen and oxygen atoms in total. The number of thiazole rings is 1. The lowest BCUT2D eigenvalue weighted by atomic mass is 9.98. The number of carboxylic acids is 1. The maximum atomic E-state index is 12.6. The van der Waals surface area contributed by atoms with Gasteiger partial charge in [-0.25, -0.2) is 4.98 Å². The molecule has 1 saturated heterocycles. The fourth-order valence-electron chi connectivity index (χ4n) is 2.42. The molecule has 6 heteroatoms. The van der Waals surface area contributed by atoms with E-state index in [9.17, 15) is 9.59 Å². The van der Waals surface area contributed by atoms with E-state index in [1.165, 1.54) is 11.3 Å². The quantitative estimate of drug-likeness (QED) is 0.911. The summed E-state index contributed by atoms with van der Waals surface area (Å²) in [5, 5.41) is 10.1. The van der Waals surface area contributed by atoms with Gasteiger partial charge in [0.1, 0.15) is 4.88 Å². The number of piperidine rings is 1. The van der Waals surface area contributed by atoms with Gasteiger partial charge >= 0.3 is 5.97 Å². The molecule has 1 atom stereocenters. The number of rotatable bonds is 2. The van der Waals surface area contributed by atoms with Gasteiger partial charge in [-0.05, 0) is 19.8 Å². The maximum Gasteiger partial charge on any atom is 0.308 e. The molecule has 116 valence electrons. The molecule has 1 unspecified atom stereocenters. The van der Waals surface area contributed by atoms with Crippen molar-refractivity contribution in [3.05, 3.63) is 15.6 Å². The van der Waals surface area contributed by atoms with Crippen molar-refractivity contribution >= 4 is 23.2 Å². The van der Waals surface area contributed by atoms with Crippen LogP contribution in [-0.4, -0.2) is 40.0 Å². The number of hydrogen-bond donors (Lipinski definition) is 1. The van der Waals surface area contributed by atoms with Gasteiger partial charge in [0.15, 0.2) is 0 Å². The lowest BCUT2D eigenvalue weighted by molar-refractivity contribution is -0.143. The van der Waals surface area contributed by atoms with E-state index in [2.05, 4.69) is 25.8 Å². The van der Waals surface area contributed by atoms with Gasteiger partial charge in [0.25, 0.3) is 5.91 Å². The van der Waals surface area contributed by atoms with Crippen LogP contribution in [0, 0.1) is 12.8 Å². The van der Waals surface area contributed by atoms with E-state index in [-0.39, 0.29) is 11.3 Å². The molecule has 0 radical (unpaired) electrons. The summed E-state index contributed by atoms with van der Waals surface area (Å²) in [4.78, 5) is 30.6. The van der Waals surface area contributed by atoms with Crippen LogP contribution in [-0.2, 0) is 10.2 Å². The van der Waals surface area contributed by atoms with E-state index in [0.717, 1.165) is 17.1 Å². The Balaban J connectivity index is 2.20. The van der Waals surface area contributed by atoms with Crippen LogP contribution in [0.25, 0.3) is 0 Å². The second-order valence-corrected chi connectivity index (χ2v) is 7.61. The van der Waals surface area contributed by atoms with Crippen molar-refractivity contribution in [3.63, 3.8) is 0 Å². The number of aromatic nitrogens is 1. The number of amides is 1. The number of carbonyl (C=O) groups excluding carboxylic acids is 1. The Morgan fingerprint density at radius 2 is 2.05 bits per heavy atom. The Hall–Kier alpha value is -1.43. The van der Waals surface area contributed by atoms with Crippen molar-refractivity contribution in [3.8, 4) is 0 Å². The molecule has 1 aromatic rings. The highest BCUT2D eigenvalue weighted by atomic mass is 32.1. The second-order valence-electron chi connectivity index (χ2n) is 6.61. The van der Waals surface area contributed by atoms with Crippen LogP contribution in [0.5, 0.6) is 0 Å². The highest BCUT2D eigenvalue weighted by Crippen LogP contribution is 2.30. The second kappa shape index (κ2) is 5.75. The van der Waals surface area contributed by atoms with E-state index in [1.807, 2.05) is 6.92 Å². The third-order valence-corrected chi connectivity index (χ3v) is 5.26. The summed E-state index contributed by atoms with van der Waals surface area (Å²) >= 11 is 1.43. The van der Waals surface area contributed by atoms with E-state index in [0.29, 0.717) is 24.4 Å². The lowest BCUT2D eigenvalue weighted by Crippen LogP contribution is -2.42. The van der Waals surface area contributed by atoms with Gasteiger partial charge in [0, 0.05) is 18.5 Å². The van der Waals surface area contributed by atoms with Crippen LogP contribution < -0.4 is 0 Å². The predicted octanol–water partition coefficient (Wildman–Crippen LogP) is 2.69. The number of likely N-dealkylation sites (tertiary alicyclic amines) is 1. The first kappa shape index (κ1) is 15.9. The van der Waals surface area contributed by atoms with E-state index in [1.54, 1.807) is 4.90 Å². The fourth-order valence-corrected chi connectivity index (χ4v) is 3.51. The molecule has 0 aliphatic carbocycles. The Morgan fingerprint density at radius 3 is 2.57 bits per heavy atom. The molecule has 0 aromatic carbocycles. The third-order valence-electron chi connectivity index (χ3n) is 3.69. The van der Waals surface area contributed by atoms with E-state index < -0.39 is 11.9 Å². The monoisotopic (exact) mass is 310 g/mol. The van der Waals surface area contributed by atoms with Gasteiger partial charge < -0.3 is 10.0 Å². The van der Waals surface area contributed by atoms with Gasteiger partial charge in [-0.2, -0.15) is 0 Å². The molecule has 21 heavy (non-hydrogen) atoms. The SMILES string of the molecule is Cc1nc(C(C)(C)C)sc1C(=O)N1CCCC(C(=O)O)C1. The van der Waals surface area contributed by atoms with E-state index >= 15 is 0 Å². The summed E-state index contributed by atoms with van der Waals surface area (Å²) in [6.07, 6.45) is 1.39. The fraction of sp³-hybridized carbons (Fsp3) is 0.667. The molecule has 1 aliphatic rings. The summed E-state index contributed by atoms with van der Waals surface area (Å²) in [5.74, 6) is -1.34. The minimum absolute atomic E-state index is 0.0774. The minimum Gasteiger partial charge on any atom is -0.481 e. The summed E-state index contributed by atoms with van der Waals surface area (Å²) in [7, 11) is 0. The van der Waals surface area contributed by atoms with Crippen LogP contribution in [0.2, 0.25) is 0 Å². The number of hydrogen-bond acceptors (Lipinski definition) is 4. The topological polar surface area (TPSA) is 70.5 Å². The van der Waals surface area contributed by atoms with Gasteiger partial charge in [0.2, 0.25) is 0 Å². The maximum absolute atomic E-state index is 12.6.